The van der Waals surface area contributed by atoms with Gasteiger partial charge in [-0.1, -0.05) is 6.07 Å². The van der Waals surface area contributed by atoms with Crippen molar-refractivity contribution in [1.29, 1.82) is 0 Å². The van der Waals surface area contributed by atoms with Gasteiger partial charge in [0.15, 0.2) is 11.5 Å². The molecule has 3 aromatic rings. The van der Waals surface area contributed by atoms with E-state index in [2.05, 4.69) is 29.4 Å². The molecule has 0 fully saturated rings. The van der Waals surface area contributed by atoms with Crippen LogP contribution in [-0.4, -0.2) is 14.6 Å². The van der Waals surface area contributed by atoms with Crippen LogP contribution in [0.2, 0.25) is 0 Å². The Morgan fingerprint density at radius 1 is 1.16 bits per heavy atom. The summed E-state index contributed by atoms with van der Waals surface area (Å²) < 4.78 is 7.10. The maximum atomic E-state index is 5.10. The Hall–Kier alpha value is -2.14. The third-order valence-corrected chi connectivity index (χ3v) is 3.27. The molecule has 0 saturated heterocycles. The number of hydrogen-bond acceptors (Lipinski definition) is 4. The third-order valence-electron chi connectivity index (χ3n) is 3.27. The summed E-state index contributed by atoms with van der Waals surface area (Å²) in [6.45, 7) is 4.19. The van der Waals surface area contributed by atoms with Gasteiger partial charge in [0.25, 0.3) is 0 Å². The summed E-state index contributed by atoms with van der Waals surface area (Å²) >= 11 is 0. The molecule has 0 radical (unpaired) electrons. The van der Waals surface area contributed by atoms with Crippen LogP contribution >= 0.6 is 0 Å². The summed E-state index contributed by atoms with van der Waals surface area (Å²) in [7, 11) is 0. The highest BCUT2D eigenvalue weighted by atomic mass is 16.3. The van der Waals surface area contributed by atoms with Crippen LogP contribution in [0, 0.1) is 0 Å². The molecule has 3 heterocycles. The lowest BCUT2D eigenvalue weighted by atomic mass is 10.1. The monoisotopic (exact) mass is 256 g/mol. The lowest BCUT2D eigenvalue weighted by Crippen LogP contribution is -2.23. The van der Waals surface area contributed by atoms with E-state index in [-0.39, 0.29) is 12.1 Å². The van der Waals surface area contributed by atoms with Gasteiger partial charge in [-0.25, -0.2) is 0 Å². The van der Waals surface area contributed by atoms with Crippen molar-refractivity contribution in [2.24, 2.45) is 0 Å². The first-order valence-corrected chi connectivity index (χ1v) is 6.33. The second-order valence-electron chi connectivity index (χ2n) is 4.65. The summed E-state index contributed by atoms with van der Waals surface area (Å²) in [5, 5.41) is 11.9. The fraction of sp³-hybridized carbons (Fsp3) is 0.286. The molecule has 0 aromatic carbocycles. The molecule has 2 unspecified atom stereocenters. The molecule has 0 saturated carbocycles. The van der Waals surface area contributed by atoms with E-state index in [1.807, 2.05) is 34.9 Å². The minimum absolute atomic E-state index is 0.0994. The van der Waals surface area contributed by atoms with Crippen LogP contribution in [0.15, 0.2) is 47.4 Å². The lowest BCUT2D eigenvalue weighted by molar-refractivity contribution is 0.468. The quantitative estimate of drug-likeness (QED) is 0.779. The number of fused-ring (bicyclic) bond motifs is 1. The number of nitrogens with zero attached hydrogens (tertiary/aromatic N) is 3. The molecular weight excluding hydrogens is 240 g/mol. The molecule has 3 aromatic heterocycles. The van der Waals surface area contributed by atoms with Gasteiger partial charge in [0, 0.05) is 17.8 Å². The van der Waals surface area contributed by atoms with Gasteiger partial charge in [0.05, 0.1) is 18.6 Å². The molecule has 0 amide bonds. The highest BCUT2D eigenvalue weighted by molar-refractivity contribution is 5.37. The molecule has 0 bridgehead atoms. The van der Waals surface area contributed by atoms with Gasteiger partial charge in [-0.05, 0) is 32.0 Å². The topological polar surface area (TPSA) is 55.4 Å². The predicted octanol–water partition coefficient (Wildman–Crippen LogP) is 2.73. The molecule has 98 valence electrons. The van der Waals surface area contributed by atoms with Gasteiger partial charge in [0.1, 0.15) is 0 Å². The Kier molecular flexibility index (Phi) is 3.05. The minimum atomic E-state index is 0.0994. The molecule has 2 atom stereocenters. The molecular formula is C14H16N4O. The van der Waals surface area contributed by atoms with Gasteiger partial charge >= 0.3 is 0 Å². The Bertz CT molecular complexity index is 659. The highest BCUT2D eigenvalue weighted by Crippen LogP contribution is 2.19. The average Bonchev–Trinajstić information content (AvgIpc) is 3.08. The summed E-state index contributed by atoms with van der Waals surface area (Å²) in [6, 6.07) is 8.15. The molecule has 0 aliphatic carbocycles. The minimum Gasteiger partial charge on any atom is -0.472 e. The van der Waals surface area contributed by atoms with Crippen LogP contribution in [0.3, 0.4) is 0 Å². The van der Waals surface area contributed by atoms with E-state index < -0.39 is 0 Å². The normalized spacial score (nSPS) is 14.6. The lowest BCUT2D eigenvalue weighted by Gasteiger charge is -2.17. The summed E-state index contributed by atoms with van der Waals surface area (Å²) in [5.74, 6) is 0.908. The Labute approximate surface area is 111 Å². The number of hydrogen-bond donors (Lipinski definition) is 1. The van der Waals surface area contributed by atoms with Crippen molar-refractivity contribution in [3.8, 4) is 0 Å². The molecule has 19 heavy (non-hydrogen) atoms. The summed E-state index contributed by atoms with van der Waals surface area (Å²) in [6.07, 6.45) is 5.42. The predicted molar refractivity (Wildman–Crippen MR) is 71.7 cm³/mol. The van der Waals surface area contributed by atoms with Crippen molar-refractivity contribution < 1.29 is 4.42 Å². The standard InChI is InChI=1S/C14H16N4O/c1-10(12-6-8-19-9-12)15-11(2)14-17-16-13-5-3-4-7-18(13)14/h3-11,15H,1-2H3. The average molecular weight is 256 g/mol. The first kappa shape index (κ1) is 11.9. The summed E-state index contributed by atoms with van der Waals surface area (Å²) in [4.78, 5) is 0. The zero-order chi connectivity index (χ0) is 13.2. The summed E-state index contributed by atoms with van der Waals surface area (Å²) in [5.41, 5.74) is 1.99. The van der Waals surface area contributed by atoms with Crippen molar-refractivity contribution in [2.45, 2.75) is 25.9 Å². The molecule has 3 rings (SSSR count). The molecule has 5 heteroatoms. The van der Waals surface area contributed by atoms with E-state index in [0.29, 0.717) is 0 Å². The van der Waals surface area contributed by atoms with E-state index in [0.717, 1.165) is 17.0 Å². The Morgan fingerprint density at radius 2 is 2.05 bits per heavy atom. The van der Waals surface area contributed by atoms with Crippen LogP contribution in [0.25, 0.3) is 5.65 Å². The van der Waals surface area contributed by atoms with Gasteiger partial charge in [0.2, 0.25) is 0 Å². The van der Waals surface area contributed by atoms with Gasteiger partial charge in [-0.2, -0.15) is 0 Å². The van der Waals surface area contributed by atoms with E-state index in [1.165, 1.54) is 0 Å². The van der Waals surface area contributed by atoms with Gasteiger partial charge < -0.3 is 9.73 Å². The zero-order valence-electron chi connectivity index (χ0n) is 10.9. The van der Waals surface area contributed by atoms with Gasteiger partial charge in [-0.15, -0.1) is 10.2 Å². The van der Waals surface area contributed by atoms with Crippen molar-refractivity contribution in [3.05, 3.63) is 54.4 Å². The van der Waals surface area contributed by atoms with E-state index in [9.17, 15) is 0 Å². The first-order valence-electron chi connectivity index (χ1n) is 6.33. The maximum Gasteiger partial charge on any atom is 0.160 e. The van der Waals surface area contributed by atoms with Crippen molar-refractivity contribution >= 4 is 5.65 Å². The number of rotatable bonds is 4. The maximum absolute atomic E-state index is 5.10. The molecule has 0 spiro atoms. The van der Waals surface area contributed by atoms with Gasteiger partial charge in [-0.3, -0.25) is 4.40 Å². The molecule has 5 nitrogen and oxygen atoms in total. The second-order valence-corrected chi connectivity index (χ2v) is 4.65. The highest BCUT2D eigenvalue weighted by Gasteiger charge is 2.16. The fourth-order valence-electron chi connectivity index (χ4n) is 2.22. The smallest absolute Gasteiger partial charge is 0.160 e. The van der Waals surface area contributed by atoms with E-state index in [4.69, 9.17) is 4.42 Å². The molecule has 0 aliphatic rings. The van der Waals surface area contributed by atoms with Crippen molar-refractivity contribution in [1.82, 2.24) is 19.9 Å². The first-order chi connectivity index (χ1) is 9.25. The molecule has 0 aliphatic heterocycles. The van der Waals surface area contributed by atoms with E-state index in [1.54, 1.807) is 12.5 Å². The number of furan rings is 1. The van der Waals surface area contributed by atoms with Crippen molar-refractivity contribution in [3.63, 3.8) is 0 Å². The van der Waals surface area contributed by atoms with Crippen LogP contribution in [-0.2, 0) is 0 Å². The van der Waals surface area contributed by atoms with Crippen LogP contribution in [0.4, 0.5) is 0 Å². The largest absolute Gasteiger partial charge is 0.472 e. The van der Waals surface area contributed by atoms with Crippen molar-refractivity contribution in [2.75, 3.05) is 0 Å². The van der Waals surface area contributed by atoms with Crippen LogP contribution in [0.1, 0.15) is 37.3 Å². The zero-order valence-corrected chi connectivity index (χ0v) is 10.9. The fourth-order valence-corrected chi connectivity index (χ4v) is 2.22. The Balaban J connectivity index is 1.82. The number of nitrogens with one attached hydrogen (secondary N) is 1. The third kappa shape index (κ3) is 2.24. The second kappa shape index (κ2) is 4.85. The number of pyridine rings is 1. The van der Waals surface area contributed by atoms with E-state index >= 15 is 0 Å². The SMILES string of the molecule is CC(NC(C)c1nnc2ccccn12)c1ccoc1. The van der Waals surface area contributed by atoms with Crippen LogP contribution in [0.5, 0.6) is 0 Å². The molecule has 1 N–H and O–H groups in total. The van der Waals surface area contributed by atoms with Crippen LogP contribution < -0.4 is 5.32 Å². The Morgan fingerprint density at radius 3 is 2.84 bits per heavy atom. The number of aromatic nitrogens is 3.